The molecule has 0 fully saturated rings. The van der Waals surface area contributed by atoms with Crippen LogP contribution in [0.3, 0.4) is 0 Å². The Balaban J connectivity index is 1.88. The minimum atomic E-state index is -3.70. The molecule has 1 aliphatic rings. The molecule has 2 aromatic rings. The molecule has 1 amide bonds. The second kappa shape index (κ2) is 7.05. The normalized spacial score (nSPS) is 17.0. The third kappa shape index (κ3) is 3.42. The van der Waals surface area contributed by atoms with Gasteiger partial charge in [-0.2, -0.15) is 0 Å². The van der Waals surface area contributed by atoms with Gasteiger partial charge in [-0.05, 0) is 43.7 Å². The zero-order valence-electron chi connectivity index (χ0n) is 14.4. The number of ether oxygens (including phenoxy) is 1. The van der Waals surface area contributed by atoms with Gasteiger partial charge in [0.25, 0.3) is 0 Å². The first-order valence-corrected chi connectivity index (χ1v) is 9.67. The fraction of sp³-hybridized carbons (Fsp3) is 0.278. The monoisotopic (exact) mass is 378 g/mol. The maximum Gasteiger partial charge on any atom is 0.414 e. The van der Waals surface area contributed by atoms with Crippen LogP contribution in [-0.4, -0.2) is 21.1 Å². The molecule has 0 aliphatic carbocycles. The number of fused-ring (bicyclic) bond motifs is 1. The number of benzene rings is 2. The third-order valence-corrected chi connectivity index (χ3v) is 5.61. The molecule has 0 aromatic heterocycles. The van der Waals surface area contributed by atoms with Gasteiger partial charge in [0, 0.05) is 18.7 Å². The summed E-state index contributed by atoms with van der Waals surface area (Å²) in [6.45, 7) is 3.58. The van der Waals surface area contributed by atoms with Crippen molar-refractivity contribution in [2.75, 3.05) is 11.4 Å². The Hall–Kier alpha value is -2.45. The van der Waals surface area contributed by atoms with Crippen molar-refractivity contribution in [3.8, 4) is 0 Å². The molecule has 1 atom stereocenters. The third-order valence-electron chi connectivity index (χ3n) is 4.19. The maximum absolute atomic E-state index is 14.6. The van der Waals surface area contributed by atoms with E-state index in [4.69, 9.17) is 4.74 Å². The maximum atomic E-state index is 14.6. The quantitative estimate of drug-likeness (QED) is 0.866. The van der Waals surface area contributed by atoms with Crippen LogP contribution < -0.4 is 9.62 Å². The van der Waals surface area contributed by atoms with E-state index in [1.54, 1.807) is 38.1 Å². The summed E-state index contributed by atoms with van der Waals surface area (Å²) in [7, 11) is -3.70. The van der Waals surface area contributed by atoms with E-state index in [0.29, 0.717) is 11.1 Å². The highest BCUT2D eigenvalue weighted by molar-refractivity contribution is 7.89. The number of nitrogens with zero attached hydrogens (tertiary/aromatic N) is 1. The molecule has 6 nitrogen and oxygen atoms in total. The zero-order chi connectivity index (χ0) is 18.9. The van der Waals surface area contributed by atoms with Crippen LogP contribution in [0.4, 0.5) is 14.9 Å². The highest BCUT2D eigenvalue weighted by Crippen LogP contribution is 2.37. The molecular weight excluding hydrogens is 359 g/mol. The van der Waals surface area contributed by atoms with Crippen LogP contribution in [-0.2, 0) is 21.3 Å². The number of carbonyl (C=O) groups is 1. The molecule has 0 saturated carbocycles. The first-order chi connectivity index (χ1) is 12.3. The fourth-order valence-corrected chi connectivity index (χ4v) is 3.93. The van der Waals surface area contributed by atoms with Gasteiger partial charge in [-0.1, -0.05) is 18.2 Å². The van der Waals surface area contributed by atoms with Crippen LogP contribution in [0, 0.1) is 5.82 Å². The number of carbonyl (C=O) groups excluding carboxylic acids is 1. The summed E-state index contributed by atoms with van der Waals surface area (Å²) < 4.78 is 46.9. The van der Waals surface area contributed by atoms with E-state index in [9.17, 15) is 17.6 Å². The summed E-state index contributed by atoms with van der Waals surface area (Å²) in [4.78, 5) is 13.3. The number of anilines is 1. The van der Waals surface area contributed by atoms with Crippen LogP contribution >= 0.6 is 0 Å². The van der Waals surface area contributed by atoms with Gasteiger partial charge in [0.05, 0.1) is 10.6 Å². The Morgan fingerprint density at radius 1 is 1.23 bits per heavy atom. The van der Waals surface area contributed by atoms with E-state index < -0.39 is 28.0 Å². The van der Waals surface area contributed by atoms with E-state index in [-0.39, 0.29) is 23.7 Å². The molecular formula is C18H19FN2O4S. The lowest BCUT2D eigenvalue weighted by Crippen LogP contribution is -2.37. The largest absolute Gasteiger partial charge is 0.441 e. The van der Waals surface area contributed by atoms with Crippen molar-refractivity contribution in [2.24, 2.45) is 0 Å². The summed E-state index contributed by atoms with van der Waals surface area (Å²) >= 11 is 0. The van der Waals surface area contributed by atoms with Crippen LogP contribution in [0.5, 0.6) is 0 Å². The first-order valence-electron chi connectivity index (χ1n) is 8.18. The Bertz CT molecular complexity index is 932. The lowest BCUT2D eigenvalue weighted by Gasteiger charge is -2.32. The fourth-order valence-electron chi connectivity index (χ4n) is 2.89. The minimum Gasteiger partial charge on any atom is -0.441 e. The van der Waals surface area contributed by atoms with Crippen molar-refractivity contribution in [1.82, 2.24) is 4.72 Å². The molecule has 0 bridgehead atoms. The molecule has 0 spiro atoms. The highest BCUT2D eigenvalue weighted by Gasteiger charge is 2.32. The molecule has 26 heavy (non-hydrogen) atoms. The smallest absolute Gasteiger partial charge is 0.414 e. The van der Waals surface area contributed by atoms with Gasteiger partial charge in [0.1, 0.15) is 11.9 Å². The number of sulfonamides is 1. The number of halogens is 1. The molecule has 0 saturated heterocycles. The minimum absolute atomic E-state index is 0.0752. The second-order valence-corrected chi connectivity index (χ2v) is 7.69. The van der Waals surface area contributed by atoms with Gasteiger partial charge in [-0.25, -0.2) is 22.3 Å². The number of nitrogens with one attached hydrogen (secondary N) is 1. The molecule has 2 aromatic carbocycles. The van der Waals surface area contributed by atoms with E-state index in [0.717, 1.165) is 0 Å². The van der Waals surface area contributed by atoms with Crippen molar-refractivity contribution in [3.05, 3.63) is 59.4 Å². The van der Waals surface area contributed by atoms with Gasteiger partial charge < -0.3 is 4.74 Å². The van der Waals surface area contributed by atoms with Gasteiger partial charge in [-0.3, -0.25) is 4.90 Å². The van der Waals surface area contributed by atoms with Gasteiger partial charge in [-0.15, -0.1) is 0 Å². The van der Waals surface area contributed by atoms with Crippen molar-refractivity contribution < 1.29 is 22.3 Å². The SMILES string of the molecule is CCN1C(=O)OC(C)c2cc(CNS(=O)(=O)c3ccccc3)cc(F)c21. The summed E-state index contributed by atoms with van der Waals surface area (Å²) in [6.07, 6.45) is -1.20. The Kier molecular flexibility index (Phi) is 4.97. The van der Waals surface area contributed by atoms with Gasteiger partial charge in [0.2, 0.25) is 10.0 Å². The van der Waals surface area contributed by atoms with Crippen molar-refractivity contribution in [2.45, 2.75) is 31.4 Å². The van der Waals surface area contributed by atoms with E-state index in [2.05, 4.69) is 4.72 Å². The highest BCUT2D eigenvalue weighted by atomic mass is 32.2. The Morgan fingerprint density at radius 3 is 2.58 bits per heavy atom. The topological polar surface area (TPSA) is 75.7 Å². The molecule has 1 N–H and O–H groups in total. The molecule has 138 valence electrons. The van der Waals surface area contributed by atoms with Crippen molar-refractivity contribution in [1.29, 1.82) is 0 Å². The Morgan fingerprint density at radius 2 is 1.92 bits per heavy atom. The second-order valence-electron chi connectivity index (χ2n) is 5.92. The van der Waals surface area contributed by atoms with Gasteiger partial charge >= 0.3 is 6.09 Å². The lowest BCUT2D eigenvalue weighted by atomic mass is 10.0. The summed E-state index contributed by atoms with van der Waals surface area (Å²) in [5.41, 5.74) is 1.15. The molecule has 1 aliphatic heterocycles. The molecule has 3 rings (SSSR count). The Labute approximate surface area is 151 Å². The summed E-state index contributed by atoms with van der Waals surface area (Å²) in [6, 6.07) is 10.8. The number of amides is 1. The molecule has 0 radical (unpaired) electrons. The number of hydrogen-bond donors (Lipinski definition) is 1. The van der Waals surface area contributed by atoms with E-state index in [1.807, 2.05) is 0 Å². The summed E-state index contributed by atoms with van der Waals surface area (Å²) in [5, 5.41) is 0. The van der Waals surface area contributed by atoms with Crippen molar-refractivity contribution >= 4 is 21.8 Å². The van der Waals surface area contributed by atoms with Gasteiger partial charge in [0.15, 0.2) is 0 Å². The van der Waals surface area contributed by atoms with E-state index >= 15 is 0 Å². The predicted molar refractivity (Wildman–Crippen MR) is 94.8 cm³/mol. The lowest BCUT2D eigenvalue weighted by molar-refractivity contribution is 0.107. The molecule has 8 heteroatoms. The summed E-state index contributed by atoms with van der Waals surface area (Å²) in [5.74, 6) is -0.582. The van der Waals surface area contributed by atoms with Crippen LogP contribution in [0.1, 0.15) is 31.1 Å². The first kappa shape index (κ1) is 18.3. The average Bonchev–Trinajstić information content (AvgIpc) is 2.62. The number of hydrogen-bond acceptors (Lipinski definition) is 4. The zero-order valence-corrected chi connectivity index (χ0v) is 15.2. The van der Waals surface area contributed by atoms with Crippen LogP contribution in [0.2, 0.25) is 0 Å². The van der Waals surface area contributed by atoms with Crippen molar-refractivity contribution in [3.63, 3.8) is 0 Å². The predicted octanol–water partition coefficient (Wildman–Crippen LogP) is 3.34. The molecule has 1 heterocycles. The van der Waals surface area contributed by atoms with E-state index in [1.165, 1.54) is 23.1 Å². The average molecular weight is 378 g/mol. The van der Waals surface area contributed by atoms with Crippen LogP contribution in [0.15, 0.2) is 47.4 Å². The number of rotatable bonds is 5. The van der Waals surface area contributed by atoms with Crippen LogP contribution in [0.25, 0.3) is 0 Å². The molecule has 1 unspecified atom stereocenters. The standard InChI is InChI=1S/C18H19FN2O4S/c1-3-21-17-15(12(2)25-18(21)22)9-13(10-16(17)19)11-20-26(23,24)14-7-5-4-6-8-14/h4-10,12,20H,3,11H2,1-2H3. The number of cyclic esters (lactones) is 1.